The van der Waals surface area contributed by atoms with E-state index in [1.54, 1.807) is 0 Å². The largest absolute Gasteiger partial charge is 0.493 e. The van der Waals surface area contributed by atoms with Crippen LogP contribution >= 0.6 is 0 Å². The zero-order valence-electron chi connectivity index (χ0n) is 16.0. The molecular weight excluding hydrogens is 376 g/mol. The highest BCUT2D eigenvalue weighted by Crippen LogP contribution is 2.38. The summed E-state index contributed by atoms with van der Waals surface area (Å²) >= 11 is 0. The fourth-order valence-corrected chi connectivity index (χ4v) is 3.30. The van der Waals surface area contributed by atoms with E-state index in [4.69, 9.17) is 14.0 Å². The molecule has 5 nitrogen and oxygen atoms in total. The van der Waals surface area contributed by atoms with Gasteiger partial charge in [0, 0.05) is 0 Å². The van der Waals surface area contributed by atoms with Crippen molar-refractivity contribution in [1.82, 2.24) is 0 Å². The van der Waals surface area contributed by atoms with E-state index in [0.29, 0.717) is 12.4 Å². The van der Waals surface area contributed by atoms with Crippen LogP contribution in [0.25, 0.3) is 11.1 Å². The van der Waals surface area contributed by atoms with Gasteiger partial charge in [0.1, 0.15) is 11.5 Å². The average molecular weight is 405 g/mol. The molecule has 0 aromatic heterocycles. The lowest BCUT2D eigenvalue weighted by atomic mass is 10.0. The molecule has 0 saturated carbocycles. The van der Waals surface area contributed by atoms with Gasteiger partial charge in [-0.1, -0.05) is 42.5 Å². The number of allylic oxidation sites excluding steroid dienone is 1. The van der Waals surface area contributed by atoms with Crippen molar-refractivity contribution in [3.63, 3.8) is 0 Å². The Morgan fingerprint density at radius 1 is 0.857 bits per heavy atom. The van der Waals surface area contributed by atoms with Crippen LogP contribution in [0.2, 0.25) is 0 Å². The topological polar surface area (TPSA) is 72.8 Å². The van der Waals surface area contributed by atoms with Gasteiger partial charge in [-0.05, 0) is 49.8 Å². The van der Waals surface area contributed by atoms with E-state index in [1.165, 1.54) is 0 Å². The molecule has 0 spiro atoms. The summed E-state index contributed by atoms with van der Waals surface area (Å²) in [6, 6.07) is 15.4. The van der Waals surface area contributed by atoms with Crippen molar-refractivity contribution in [1.29, 1.82) is 0 Å². The minimum absolute atomic E-state index is 0.185. The lowest BCUT2D eigenvalue weighted by Gasteiger charge is -2.16. The molecule has 2 aromatic rings. The lowest BCUT2D eigenvalue weighted by molar-refractivity contribution is 0.297. The summed E-state index contributed by atoms with van der Waals surface area (Å²) < 4.78 is 42.5. The molecule has 1 N–H and O–H groups in total. The van der Waals surface area contributed by atoms with Gasteiger partial charge in [0.25, 0.3) is 10.1 Å². The van der Waals surface area contributed by atoms with E-state index in [1.807, 2.05) is 54.6 Å². The summed E-state index contributed by atoms with van der Waals surface area (Å²) in [5.41, 5.74) is 1.82. The zero-order valence-corrected chi connectivity index (χ0v) is 16.9. The molecule has 0 fully saturated rings. The van der Waals surface area contributed by atoms with Crippen molar-refractivity contribution < 1.29 is 22.4 Å². The van der Waals surface area contributed by atoms with Gasteiger partial charge in [0.2, 0.25) is 0 Å². The Morgan fingerprint density at radius 3 is 2.11 bits per heavy atom. The number of ether oxygens (including phenoxy) is 2. The SMILES string of the molecule is C=CCCCCCOc1cccc(OCCCS(=O)(=O)O)c1-c1ccccc1. The number of hydrogen-bond donors (Lipinski definition) is 1. The molecule has 0 amide bonds. The fourth-order valence-electron chi connectivity index (χ4n) is 2.81. The van der Waals surface area contributed by atoms with Crippen LogP contribution in [0.3, 0.4) is 0 Å². The molecule has 0 saturated heterocycles. The minimum Gasteiger partial charge on any atom is -0.493 e. The Labute approximate surface area is 167 Å². The quantitative estimate of drug-likeness (QED) is 0.284. The second-order valence-electron chi connectivity index (χ2n) is 6.47. The van der Waals surface area contributed by atoms with Gasteiger partial charge in [0.05, 0.1) is 24.5 Å². The van der Waals surface area contributed by atoms with Crippen LogP contribution in [0.4, 0.5) is 0 Å². The second kappa shape index (κ2) is 11.5. The molecule has 0 unspecified atom stereocenters. The van der Waals surface area contributed by atoms with Crippen LogP contribution in [0.15, 0.2) is 61.2 Å². The Hall–Kier alpha value is -2.31. The van der Waals surface area contributed by atoms with Gasteiger partial charge < -0.3 is 9.47 Å². The molecular formula is C22H28O5S. The average Bonchev–Trinajstić information content (AvgIpc) is 2.68. The molecule has 0 heterocycles. The Morgan fingerprint density at radius 2 is 1.50 bits per heavy atom. The smallest absolute Gasteiger partial charge is 0.264 e. The zero-order chi connectivity index (χ0) is 20.2. The normalized spacial score (nSPS) is 11.2. The first-order chi connectivity index (χ1) is 13.5. The summed E-state index contributed by atoms with van der Waals surface area (Å²) in [5.74, 6) is 1.04. The predicted octanol–water partition coefficient (Wildman–Crippen LogP) is 5.14. The van der Waals surface area contributed by atoms with E-state index < -0.39 is 10.1 Å². The van der Waals surface area contributed by atoms with Crippen LogP contribution in [0.1, 0.15) is 32.1 Å². The monoisotopic (exact) mass is 404 g/mol. The lowest BCUT2D eigenvalue weighted by Crippen LogP contribution is -2.09. The summed E-state index contributed by atoms with van der Waals surface area (Å²) in [5, 5.41) is 0. The van der Waals surface area contributed by atoms with E-state index >= 15 is 0 Å². The molecule has 0 aliphatic rings. The van der Waals surface area contributed by atoms with Gasteiger partial charge in [0.15, 0.2) is 0 Å². The van der Waals surface area contributed by atoms with E-state index in [9.17, 15) is 8.42 Å². The summed E-state index contributed by atoms with van der Waals surface area (Å²) in [4.78, 5) is 0. The van der Waals surface area contributed by atoms with Gasteiger partial charge in [-0.15, -0.1) is 6.58 Å². The number of unbranched alkanes of at least 4 members (excludes halogenated alkanes) is 3. The van der Waals surface area contributed by atoms with Crippen LogP contribution in [-0.2, 0) is 10.1 Å². The van der Waals surface area contributed by atoms with Crippen molar-refractivity contribution >= 4 is 10.1 Å². The molecule has 28 heavy (non-hydrogen) atoms. The Kier molecular flexibility index (Phi) is 9.04. The standard InChI is InChI=1S/C22H28O5S/c1-2-3-4-5-9-16-26-20-14-10-15-21(27-17-11-18-28(23,24)25)22(20)19-12-7-6-8-13-19/h2,6-8,10,12-15H,1,3-5,9,11,16-18H2,(H,23,24,25). The summed E-state index contributed by atoms with van der Waals surface area (Å²) in [6.07, 6.45) is 6.30. The third-order valence-corrected chi connectivity index (χ3v) is 4.97. The van der Waals surface area contributed by atoms with Gasteiger partial charge >= 0.3 is 0 Å². The molecule has 0 radical (unpaired) electrons. The molecule has 152 valence electrons. The van der Waals surface area contributed by atoms with Crippen LogP contribution < -0.4 is 9.47 Å². The fraction of sp³-hybridized carbons (Fsp3) is 0.364. The Balaban J connectivity index is 2.09. The maximum Gasteiger partial charge on any atom is 0.264 e. The maximum atomic E-state index is 10.9. The maximum absolute atomic E-state index is 10.9. The highest BCUT2D eigenvalue weighted by molar-refractivity contribution is 7.85. The first-order valence-electron chi connectivity index (χ1n) is 9.51. The van der Waals surface area contributed by atoms with Crippen molar-refractivity contribution in [3.8, 4) is 22.6 Å². The number of rotatable bonds is 13. The van der Waals surface area contributed by atoms with Gasteiger partial charge in [-0.25, -0.2) is 0 Å². The van der Waals surface area contributed by atoms with Crippen LogP contribution in [-0.4, -0.2) is 31.9 Å². The van der Waals surface area contributed by atoms with Crippen LogP contribution in [0.5, 0.6) is 11.5 Å². The van der Waals surface area contributed by atoms with Crippen molar-refractivity contribution in [2.24, 2.45) is 0 Å². The molecule has 0 aliphatic carbocycles. The minimum atomic E-state index is -3.98. The highest BCUT2D eigenvalue weighted by atomic mass is 32.2. The predicted molar refractivity (Wildman–Crippen MR) is 113 cm³/mol. The Bertz CT molecular complexity index is 831. The second-order valence-corrected chi connectivity index (χ2v) is 8.04. The number of benzene rings is 2. The third-order valence-electron chi connectivity index (χ3n) is 4.16. The van der Waals surface area contributed by atoms with Crippen molar-refractivity contribution in [3.05, 3.63) is 61.2 Å². The van der Waals surface area contributed by atoms with Gasteiger partial charge in [-0.3, -0.25) is 4.55 Å². The molecule has 2 rings (SSSR count). The van der Waals surface area contributed by atoms with Crippen LogP contribution in [0, 0.1) is 0 Å². The third kappa shape index (κ3) is 7.74. The van der Waals surface area contributed by atoms with E-state index in [2.05, 4.69) is 6.58 Å². The van der Waals surface area contributed by atoms with Crippen molar-refractivity contribution in [2.45, 2.75) is 32.1 Å². The highest BCUT2D eigenvalue weighted by Gasteiger charge is 2.14. The van der Waals surface area contributed by atoms with E-state index in [-0.39, 0.29) is 18.8 Å². The molecule has 0 aliphatic heterocycles. The first kappa shape index (κ1) is 22.0. The molecule has 2 aromatic carbocycles. The van der Waals surface area contributed by atoms with E-state index in [0.717, 1.165) is 42.6 Å². The van der Waals surface area contributed by atoms with Gasteiger partial charge in [-0.2, -0.15) is 8.42 Å². The van der Waals surface area contributed by atoms with Crippen molar-refractivity contribution in [2.75, 3.05) is 19.0 Å². The summed E-state index contributed by atoms with van der Waals surface area (Å²) in [6.45, 7) is 4.53. The first-order valence-corrected chi connectivity index (χ1v) is 11.1. The number of hydrogen-bond acceptors (Lipinski definition) is 4. The molecule has 0 atom stereocenters. The summed E-state index contributed by atoms with van der Waals surface area (Å²) in [7, 11) is -3.98. The molecule has 0 bridgehead atoms. The molecule has 6 heteroatoms.